The number of piperidine rings is 1. The summed E-state index contributed by atoms with van der Waals surface area (Å²) >= 11 is 0. The Labute approximate surface area is 141 Å². The lowest BCUT2D eigenvalue weighted by Gasteiger charge is -2.31. The van der Waals surface area contributed by atoms with Crippen molar-refractivity contribution in [1.29, 1.82) is 0 Å². The lowest BCUT2D eigenvalue weighted by atomic mass is 9.99. The molecule has 4 nitrogen and oxygen atoms in total. The summed E-state index contributed by atoms with van der Waals surface area (Å²) in [5.41, 5.74) is 1.86. The molecular formula is C19H22FN3O. The molecule has 3 rings (SSSR count). The molecule has 0 atom stereocenters. The Kier molecular flexibility index (Phi) is 5.08. The molecule has 1 N–H and O–H groups in total. The number of hydrogen-bond acceptors (Lipinski definition) is 3. The molecule has 0 radical (unpaired) electrons. The number of halogens is 1. The number of nitrogens with zero attached hydrogens (tertiary/aromatic N) is 2. The normalized spacial score (nSPS) is 15.3. The van der Waals surface area contributed by atoms with Gasteiger partial charge < -0.3 is 10.2 Å². The van der Waals surface area contributed by atoms with E-state index in [9.17, 15) is 9.18 Å². The van der Waals surface area contributed by atoms with E-state index in [-0.39, 0.29) is 18.3 Å². The molecule has 1 aromatic carbocycles. The van der Waals surface area contributed by atoms with E-state index in [0.717, 1.165) is 24.7 Å². The van der Waals surface area contributed by atoms with Crippen LogP contribution in [0.2, 0.25) is 0 Å². The van der Waals surface area contributed by atoms with Gasteiger partial charge in [0, 0.05) is 25.2 Å². The van der Waals surface area contributed by atoms with E-state index in [4.69, 9.17) is 0 Å². The zero-order chi connectivity index (χ0) is 16.9. The minimum atomic E-state index is -0.319. The van der Waals surface area contributed by atoms with Gasteiger partial charge in [0.2, 0.25) is 0 Å². The molecule has 1 amide bonds. The van der Waals surface area contributed by atoms with Gasteiger partial charge >= 0.3 is 0 Å². The third-order valence-corrected chi connectivity index (χ3v) is 4.53. The summed E-state index contributed by atoms with van der Waals surface area (Å²) < 4.78 is 13.6. The molecule has 1 fully saturated rings. The molecule has 5 heteroatoms. The van der Waals surface area contributed by atoms with Crippen molar-refractivity contribution in [3.05, 3.63) is 59.7 Å². The van der Waals surface area contributed by atoms with Crippen molar-refractivity contribution < 1.29 is 9.18 Å². The first-order valence-electron chi connectivity index (χ1n) is 8.36. The summed E-state index contributed by atoms with van der Waals surface area (Å²) in [5, 5.41) is 2.71. The molecule has 0 bridgehead atoms. The maximum absolute atomic E-state index is 13.6. The van der Waals surface area contributed by atoms with Crippen LogP contribution in [0.25, 0.3) is 0 Å². The van der Waals surface area contributed by atoms with Gasteiger partial charge in [0.05, 0.1) is 11.9 Å². The monoisotopic (exact) mass is 327 g/mol. The van der Waals surface area contributed by atoms with Crippen LogP contribution in [0.5, 0.6) is 0 Å². The lowest BCUT2D eigenvalue weighted by Crippen LogP contribution is -2.33. The lowest BCUT2D eigenvalue weighted by molar-refractivity contribution is 0.0945. The van der Waals surface area contributed by atoms with Crippen LogP contribution in [0.1, 0.15) is 35.8 Å². The van der Waals surface area contributed by atoms with Crippen molar-refractivity contribution in [2.45, 2.75) is 26.3 Å². The minimum Gasteiger partial charge on any atom is -0.370 e. The molecule has 0 spiro atoms. The van der Waals surface area contributed by atoms with E-state index < -0.39 is 0 Å². The van der Waals surface area contributed by atoms with Gasteiger partial charge in [-0.25, -0.2) is 9.37 Å². The zero-order valence-corrected chi connectivity index (χ0v) is 13.8. The van der Waals surface area contributed by atoms with Crippen LogP contribution < -0.4 is 10.2 Å². The van der Waals surface area contributed by atoms with Gasteiger partial charge in [-0.15, -0.1) is 0 Å². The number of carbonyl (C=O) groups is 1. The highest BCUT2D eigenvalue weighted by Crippen LogP contribution is 2.22. The predicted molar refractivity (Wildman–Crippen MR) is 92.4 cm³/mol. The van der Waals surface area contributed by atoms with Crippen LogP contribution in [0, 0.1) is 11.7 Å². The molecule has 2 aromatic rings. The molecule has 1 aromatic heterocycles. The summed E-state index contributed by atoms with van der Waals surface area (Å²) in [6, 6.07) is 10.1. The summed E-state index contributed by atoms with van der Waals surface area (Å²) in [6.07, 6.45) is 4.11. The standard InChI is InChI=1S/C19H22FN3O/c1-14-8-10-23(11-9-14)16-6-7-18(21-13-16)19(24)22-12-15-4-2-3-5-17(15)20/h2-7,13-14H,8-12H2,1H3,(H,22,24). The van der Waals surface area contributed by atoms with E-state index >= 15 is 0 Å². The molecule has 1 aliphatic heterocycles. The molecule has 0 aliphatic carbocycles. The van der Waals surface area contributed by atoms with Crippen LogP contribution in [-0.4, -0.2) is 24.0 Å². The Morgan fingerprint density at radius 3 is 2.67 bits per heavy atom. The third kappa shape index (κ3) is 3.91. The van der Waals surface area contributed by atoms with E-state index in [1.54, 1.807) is 30.5 Å². The van der Waals surface area contributed by atoms with E-state index in [1.165, 1.54) is 18.9 Å². The fourth-order valence-electron chi connectivity index (χ4n) is 2.88. The van der Waals surface area contributed by atoms with Crippen LogP contribution in [0.3, 0.4) is 0 Å². The number of pyridine rings is 1. The average molecular weight is 327 g/mol. The highest BCUT2D eigenvalue weighted by molar-refractivity contribution is 5.92. The van der Waals surface area contributed by atoms with Crippen molar-refractivity contribution in [2.24, 2.45) is 5.92 Å². The van der Waals surface area contributed by atoms with Crippen LogP contribution in [0.15, 0.2) is 42.6 Å². The predicted octanol–water partition coefficient (Wildman–Crippen LogP) is 3.39. The summed E-state index contributed by atoms with van der Waals surface area (Å²) in [5.74, 6) is 0.162. The third-order valence-electron chi connectivity index (χ3n) is 4.53. The quantitative estimate of drug-likeness (QED) is 0.936. The number of rotatable bonds is 4. The van der Waals surface area contributed by atoms with Crippen LogP contribution in [-0.2, 0) is 6.54 Å². The molecule has 1 aliphatic rings. The van der Waals surface area contributed by atoms with E-state index in [1.807, 2.05) is 6.07 Å². The second-order valence-corrected chi connectivity index (χ2v) is 6.35. The second-order valence-electron chi connectivity index (χ2n) is 6.35. The van der Waals surface area contributed by atoms with Gasteiger partial charge in [0.1, 0.15) is 11.5 Å². The largest absolute Gasteiger partial charge is 0.370 e. The molecule has 1 saturated heterocycles. The number of amides is 1. The number of hydrogen-bond donors (Lipinski definition) is 1. The maximum Gasteiger partial charge on any atom is 0.270 e. The maximum atomic E-state index is 13.6. The fourth-order valence-corrected chi connectivity index (χ4v) is 2.88. The molecule has 24 heavy (non-hydrogen) atoms. The second kappa shape index (κ2) is 7.43. The highest BCUT2D eigenvalue weighted by Gasteiger charge is 2.17. The van der Waals surface area contributed by atoms with Gasteiger partial charge in [-0.3, -0.25) is 4.79 Å². The van der Waals surface area contributed by atoms with Crippen molar-refractivity contribution in [2.75, 3.05) is 18.0 Å². The number of benzene rings is 1. The number of aromatic nitrogens is 1. The van der Waals surface area contributed by atoms with Crippen molar-refractivity contribution in [3.8, 4) is 0 Å². The van der Waals surface area contributed by atoms with Gasteiger partial charge in [-0.1, -0.05) is 25.1 Å². The average Bonchev–Trinajstić information content (AvgIpc) is 2.62. The summed E-state index contributed by atoms with van der Waals surface area (Å²) in [7, 11) is 0. The Bertz CT molecular complexity index is 694. The number of nitrogens with one attached hydrogen (secondary N) is 1. The smallest absolute Gasteiger partial charge is 0.270 e. The SMILES string of the molecule is CC1CCN(c2ccc(C(=O)NCc3ccccc3F)nc2)CC1. The first-order valence-corrected chi connectivity index (χ1v) is 8.36. The Balaban J connectivity index is 1.59. The number of anilines is 1. The number of carbonyl (C=O) groups excluding carboxylic acids is 1. The van der Waals surface area contributed by atoms with Crippen molar-refractivity contribution >= 4 is 11.6 Å². The first kappa shape index (κ1) is 16.4. The van der Waals surface area contributed by atoms with Gasteiger partial charge in [0.25, 0.3) is 5.91 Å². The van der Waals surface area contributed by atoms with Crippen molar-refractivity contribution in [1.82, 2.24) is 10.3 Å². The first-order chi connectivity index (χ1) is 11.6. The minimum absolute atomic E-state index is 0.152. The molecule has 2 heterocycles. The van der Waals surface area contributed by atoms with Crippen molar-refractivity contribution in [3.63, 3.8) is 0 Å². The molecule has 0 saturated carbocycles. The topological polar surface area (TPSA) is 45.2 Å². The Hall–Kier alpha value is -2.43. The summed E-state index contributed by atoms with van der Waals surface area (Å²) in [4.78, 5) is 18.7. The summed E-state index contributed by atoms with van der Waals surface area (Å²) in [6.45, 7) is 4.49. The van der Waals surface area contributed by atoms with E-state index in [2.05, 4.69) is 22.1 Å². The van der Waals surface area contributed by atoms with Crippen LogP contribution >= 0.6 is 0 Å². The Morgan fingerprint density at radius 2 is 2.00 bits per heavy atom. The van der Waals surface area contributed by atoms with Gasteiger partial charge in [-0.05, 0) is 37.0 Å². The highest BCUT2D eigenvalue weighted by atomic mass is 19.1. The zero-order valence-electron chi connectivity index (χ0n) is 13.8. The van der Waals surface area contributed by atoms with E-state index in [0.29, 0.717) is 11.3 Å². The molecule has 126 valence electrons. The molecular weight excluding hydrogens is 305 g/mol. The molecule has 0 unspecified atom stereocenters. The van der Waals surface area contributed by atoms with Crippen LogP contribution in [0.4, 0.5) is 10.1 Å². The Morgan fingerprint density at radius 1 is 1.25 bits per heavy atom. The van der Waals surface area contributed by atoms with Gasteiger partial charge in [-0.2, -0.15) is 0 Å². The van der Waals surface area contributed by atoms with Gasteiger partial charge in [0.15, 0.2) is 0 Å². The fraction of sp³-hybridized carbons (Fsp3) is 0.368.